The van der Waals surface area contributed by atoms with Gasteiger partial charge in [0.25, 0.3) is 0 Å². The summed E-state index contributed by atoms with van der Waals surface area (Å²) >= 11 is 4.74. The van der Waals surface area contributed by atoms with Gasteiger partial charge in [-0.15, -0.1) is 0 Å². The first-order valence-corrected chi connectivity index (χ1v) is 7.09. The second kappa shape index (κ2) is 14.7. The molecule has 2 nitrogen and oxygen atoms in total. The van der Waals surface area contributed by atoms with Crippen LogP contribution in [0.3, 0.4) is 0 Å². The van der Waals surface area contributed by atoms with Gasteiger partial charge in [-0.2, -0.15) is 0 Å². The fourth-order valence-electron chi connectivity index (χ4n) is 1.75. The van der Waals surface area contributed by atoms with Crippen molar-refractivity contribution < 1.29 is 34.4 Å². The zero-order valence-corrected chi connectivity index (χ0v) is 14.7. The number of rotatable bonds is 10. The van der Waals surface area contributed by atoms with Crippen LogP contribution in [0, 0.1) is 0 Å². The van der Waals surface area contributed by atoms with E-state index in [1.807, 2.05) is 4.90 Å². The van der Waals surface area contributed by atoms with Crippen LogP contribution in [0.25, 0.3) is 0 Å². The van der Waals surface area contributed by atoms with Crippen molar-refractivity contribution in [1.82, 2.24) is 4.90 Å². The Kier molecular flexibility index (Phi) is 17.4. The Labute approximate surface area is 135 Å². The summed E-state index contributed by atoms with van der Waals surface area (Å²) in [5, 5.41) is -0.173. The molecule has 0 aromatic carbocycles. The molecule has 0 aliphatic rings. The summed E-state index contributed by atoms with van der Waals surface area (Å²) < 4.78 is 0. The van der Waals surface area contributed by atoms with Gasteiger partial charge in [0.1, 0.15) is 5.24 Å². The van der Waals surface area contributed by atoms with Crippen LogP contribution in [-0.2, 0) is 12.6 Å². The fraction of sp³-hybridized carbons (Fsp3) is 0.923. The zero-order chi connectivity index (χ0) is 12.2. The van der Waals surface area contributed by atoms with Gasteiger partial charge >= 0.3 is 29.6 Å². The van der Waals surface area contributed by atoms with Crippen LogP contribution in [-0.4, -0.2) is 23.2 Å². The van der Waals surface area contributed by atoms with Crippen LogP contribution < -0.4 is 29.6 Å². The average molecular weight is 267 g/mol. The van der Waals surface area contributed by atoms with E-state index in [9.17, 15) is 4.79 Å². The Morgan fingerprint density at radius 1 is 0.882 bits per heavy atom. The third kappa shape index (κ3) is 12.9. The van der Waals surface area contributed by atoms with Gasteiger partial charge in [0.05, 0.1) is 0 Å². The third-order valence-electron chi connectivity index (χ3n) is 2.82. The fourth-order valence-corrected chi connectivity index (χ4v) is 1.94. The molecule has 0 fully saturated rings. The molecule has 0 aromatic rings. The minimum Gasteiger partial charge on any atom is -0.719 e. The van der Waals surface area contributed by atoms with Crippen molar-refractivity contribution >= 4 is 17.9 Å². The Balaban J connectivity index is 0. The Morgan fingerprint density at radius 3 is 1.59 bits per heavy atom. The van der Waals surface area contributed by atoms with Gasteiger partial charge < -0.3 is 22.3 Å². The van der Waals surface area contributed by atoms with E-state index in [4.69, 9.17) is 12.6 Å². The predicted molar refractivity (Wildman–Crippen MR) is 72.6 cm³/mol. The molecule has 96 valence electrons. The standard InChI is InChI=1S/C13H27NOS.Na/c1-3-5-7-9-11-14(13(15)16)12-10-8-6-4-2;/h3-12H2,1-2H3,(H,15,16);/q;+1/p-1. The molecular formula is C13H26NNaOS. The first kappa shape index (κ1) is 20.0. The number of unbranched alkanes of at least 4 members (excludes halogenated alkanes) is 6. The number of carbonyl (C=O) groups is 1. The van der Waals surface area contributed by atoms with Crippen LogP contribution in [0.2, 0.25) is 0 Å². The molecule has 0 atom stereocenters. The van der Waals surface area contributed by atoms with Crippen molar-refractivity contribution in [2.24, 2.45) is 0 Å². The summed E-state index contributed by atoms with van der Waals surface area (Å²) in [5.74, 6) is 0. The summed E-state index contributed by atoms with van der Waals surface area (Å²) in [4.78, 5) is 13.0. The molecule has 0 saturated carbocycles. The SMILES string of the molecule is CCCCCCN(CCCCCC)C(=O)[S-].[Na+]. The summed E-state index contributed by atoms with van der Waals surface area (Å²) in [6.45, 7) is 6.10. The molecule has 0 aliphatic carbocycles. The van der Waals surface area contributed by atoms with Gasteiger partial charge in [0.2, 0.25) is 0 Å². The van der Waals surface area contributed by atoms with E-state index in [2.05, 4.69) is 13.8 Å². The Morgan fingerprint density at radius 2 is 1.29 bits per heavy atom. The number of carbonyl (C=O) groups excluding carboxylic acids is 1. The molecule has 17 heavy (non-hydrogen) atoms. The minimum atomic E-state index is -0.173. The van der Waals surface area contributed by atoms with Crippen molar-refractivity contribution in [1.29, 1.82) is 0 Å². The summed E-state index contributed by atoms with van der Waals surface area (Å²) in [5.41, 5.74) is 0. The van der Waals surface area contributed by atoms with E-state index < -0.39 is 0 Å². The van der Waals surface area contributed by atoms with Gasteiger partial charge in [-0.25, -0.2) is 0 Å². The van der Waals surface area contributed by atoms with Crippen LogP contribution in [0.5, 0.6) is 0 Å². The van der Waals surface area contributed by atoms with Crippen LogP contribution in [0.4, 0.5) is 4.79 Å². The first-order chi connectivity index (χ1) is 7.72. The third-order valence-corrected chi connectivity index (χ3v) is 3.08. The van der Waals surface area contributed by atoms with Crippen LogP contribution in [0.1, 0.15) is 65.2 Å². The molecule has 0 unspecified atom stereocenters. The maximum absolute atomic E-state index is 11.2. The van der Waals surface area contributed by atoms with Crippen molar-refractivity contribution in [3.63, 3.8) is 0 Å². The quantitative estimate of drug-likeness (QED) is 0.336. The topological polar surface area (TPSA) is 20.3 Å². The second-order valence-corrected chi connectivity index (χ2v) is 4.72. The molecule has 0 heterocycles. The molecule has 4 heteroatoms. The van der Waals surface area contributed by atoms with E-state index in [-0.39, 0.29) is 34.8 Å². The molecule has 0 aliphatic heterocycles. The van der Waals surface area contributed by atoms with E-state index in [1.54, 1.807) is 0 Å². The predicted octanol–water partition coefficient (Wildman–Crippen LogP) is 1.12. The smallest absolute Gasteiger partial charge is 0.719 e. The number of hydrogen-bond donors (Lipinski definition) is 0. The molecule has 0 bridgehead atoms. The Hall–Kier alpha value is 0.690. The van der Waals surface area contributed by atoms with Crippen LogP contribution in [0.15, 0.2) is 0 Å². The monoisotopic (exact) mass is 267 g/mol. The number of hydrogen-bond acceptors (Lipinski definition) is 2. The molecule has 0 rings (SSSR count). The molecule has 0 spiro atoms. The van der Waals surface area contributed by atoms with Gasteiger partial charge in [-0.3, -0.25) is 0 Å². The second-order valence-electron chi connectivity index (χ2n) is 4.37. The van der Waals surface area contributed by atoms with Gasteiger partial charge in [0.15, 0.2) is 0 Å². The normalized spacial score (nSPS) is 9.76. The van der Waals surface area contributed by atoms with E-state index >= 15 is 0 Å². The molecular weight excluding hydrogens is 241 g/mol. The van der Waals surface area contributed by atoms with E-state index in [1.165, 1.54) is 38.5 Å². The van der Waals surface area contributed by atoms with Crippen molar-refractivity contribution in [2.75, 3.05) is 13.1 Å². The van der Waals surface area contributed by atoms with Crippen LogP contribution >= 0.6 is 0 Å². The van der Waals surface area contributed by atoms with Crippen molar-refractivity contribution in [3.8, 4) is 0 Å². The zero-order valence-electron chi connectivity index (χ0n) is 11.8. The molecule has 1 amide bonds. The largest absolute Gasteiger partial charge is 1.00 e. The van der Waals surface area contributed by atoms with Crippen molar-refractivity contribution in [3.05, 3.63) is 0 Å². The molecule has 0 N–H and O–H groups in total. The summed E-state index contributed by atoms with van der Waals surface area (Å²) in [6, 6.07) is 0. The molecule has 0 aromatic heterocycles. The average Bonchev–Trinajstić information content (AvgIpc) is 2.26. The Bertz CT molecular complexity index is 167. The van der Waals surface area contributed by atoms with Gasteiger partial charge in [0, 0.05) is 13.1 Å². The maximum atomic E-state index is 11.2. The first-order valence-electron chi connectivity index (χ1n) is 6.68. The molecule has 0 radical (unpaired) electrons. The summed E-state index contributed by atoms with van der Waals surface area (Å²) in [6.07, 6.45) is 9.62. The number of amides is 1. The maximum Gasteiger partial charge on any atom is 1.00 e. The number of nitrogens with zero attached hydrogens (tertiary/aromatic N) is 1. The van der Waals surface area contributed by atoms with E-state index in [0.717, 1.165) is 25.9 Å². The van der Waals surface area contributed by atoms with E-state index in [0.29, 0.717) is 0 Å². The van der Waals surface area contributed by atoms with Gasteiger partial charge in [-0.1, -0.05) is 52.4 Å². The van der Waals surface area contributed by atoms with Crippen molar-refractivity contribution in [2.45, 2.75) is 65.2 Å². The minimum absolute atomic E-state index is 0. The summed E-state index contributed by atoms with van der Waals surface area (Å²) in [7, 11) is 0. The van der Waals surface area contributed by atoms with Gasteiger partial charge in [-0.05, 0) is 12.8 Å². The molecule has 0 saturated heterocycles.